The van der Waals surface area contributed by atoms with E-state index in [1.807, 2.05) is 25.9 Å². The molecule has 1 aromatic rings. The van der Waals surface area contributed by atoms with Crippen molar-refractivity contribution >= 4 is 11.9 Å². The van der Waals surface area contributed by atoms with Gasteiger partial charge in [0.2, 0.25) is 11.9 Å². The van der Waals surface area contributed by atoms with E-state index in [1.54, 1.807) is 19.4 Å². The summed E-state index contributed by atoms with van der Waals surface area (Å²) in [4.78, 5) is 21.9. The summed E-state index contributed by atoms with van der Waals surface area (Å²) in [7, 11) is 5.40. The summed E-state index contributed by atoms with van der Waals surface area (Å²) in [6, 6.07) is 0. The van der Waals surface area contributed by atoms with Crippen LogP contribution in [0.4, 0.5) is 5.95 Å². The number of aromatic nitrogens is 2. The Balaban J connectivity index is 2.61. The highest BCUT2D eigenvalue weighted by Crippen LogP contribution is 2.08. The molecule has 1 unspecified atom stereocenters. The predicted molar refractivity (Wildman–Crippen MR) is 71.3 cm³/mol. The van der Waals surface area contributed by atoms with Crippen LogP contribution in [0.2, 0.25) is 0 Å². The number of nitrogens with zero attached hydrogens (tertiary/aromatic N) is 3. The number of carbonyl (C=O) groups is 1. The van der Waals surface area contributed by atoms with Gasteiger partial charge in [0.25, 0.3) is 0 Å². The molecule has 0 spiro atoms. The quantitative estimate of drug-likeness (QED) is 0.745. The number of nitrogens with one attached hydrogen (secondary N) is 2. The fourth-order valence-electron chi connectivity index (χ4n) is 1.66. The molecule has 6 heteroatoms. The molecule has 2 N–H and O–H groups in total. The molecule has 0 fully saturated rings. The smallest absolute Gasteiger partial charge is 0.225 e. The van der Waals surface area contributed by atoms with Gasteiger partial charge < -0.3 is 15.5 Å². The zero-order valence-corrected chi connectivity index (χ0v) is 11.4. The van der Waals surface area contributed by atoms with E-state index in [9.17, 15) is 4.79 Å². The van der Waals surface area contributed by atoms with Crippen LogP contribution >= 0.6 is 0 Å². The van der Waals surface area contributed by atoms with Gasteiger partial charge in [0.05, 0.1) is 5.92 Å². The first-order chi connectivity index (χ1) is 8.58. The van der Waals surface area contributed by atoms with Gasteiger partial charge in [0.15, 0.2) is 0 Å². The zero-order valence-electron chi connectivity index (χ0n) is 11.4. The second-order valence-corrected chi connectivity index (χ2v) is 4.32. The summed E-state index contributed by atoms with van der Waals surface area (Å²) in [5, 5.41) is 5.67. The molecule has 1 heterocycles. The number of amides is 1. The Morgan fingerprint density at radius 3 is 2.50 bits per heavy atom. The highest BCUT2D eigenvalue weighted by molar-refractivity contribution is 5.78. The lowest BCUT2D eigenvalue weighted by Crippen LogP contribution is -2.35. The lowest BCUT2D eigenvalue weighted by molar-refractivity contribution is -0.123. The minimum atomic E-state index is -0.0967. The third-order valence-electron chi connectivity index (χ3n) is 2.66. The molecule has 0 aliphatic carbocycles. The molecule has 100 valence electrons. The van der Waals surface area contributed by atoms with Gasteiger partial charge in [-0.15, -0.1) is 0 Å². The Hall–Kier alpha value is -1.69. The Labute approximate surface area is 108 Å². The van der Waals surface area contributed by atoms with Gasteiger partial charge in [-0.05, 0) is 7.05 Å². The highest BCUT2D eigenvalue weighted by atomic mass is 16.1. The summed E-state index contributed by atoms with van der Waals surface area (Å²) in [5.41, 5.74) is 1.04. The van der Waals surface area contributed by atoms with Gasteiger partial charge in [0, 0.05) is 45.1 Å². The summed E-state index contributed by atoms with van der Waals surface area (Å²) >= 11 is 0. The van der Waals surface area contributed by atoms with Gasteiger partial charge in [-0.2, -0.15) is 0 Å². The molecule has 1 aromatic heterocycles. The maximum atomic E-state index is 11.4. The second-order valence-electron chi connectivity index (χ2n) is 4.32. The van der Waals surface area contributed by atoms with Crippen molar-refractivity contribution in [2.45, 2.75) is 13.5 Å². The summed E-state index contributed by atoms with van der Waals surface area (Å²) in [6.07, 6.45) is 3.58. The maximum absolute atomic E-state index is 11.4. The molecule has 1 atom stereocenters. The summed E-state index contributed by atoms with van der Waals surface area (Å²) in [6.45, 7) is 3.22. The van der Waals surface area contributed by atoms with Crippen LogP contribution in [0.1, 0.15) is 12.5 Å². The van der Waals surface area contributed by atoms with E-state index in [0.29, 0.717) is 12.5 Å². The maximum Gasteiger partial charge on any atom is 0.225 e. The molecule has 1 rings (SSSR count). The van der Waals surface area contributed by atoms with Crippen molar-refractivity contribution in [1.29, 1.82) is 0 Å². The minimum absolute atomic E-state index is 0.0219. The lowest BCUT2D eigenvalue weighted by atomic mass is 10.1. The van der Waals surface area contributed by atoms with Crippen LogP contribution in [0.3, 0.4) is 0 Å². The van der Waals surface area contributed by atoms with Gasteiger partial charge in [-0.25, -0.2) is 9.97 Å². The molecule has 0 aliphatic rings. The van der Waals surface area contributed by atoms with Crippen molar-refractivity contribution < 1.29 is 4.79 Å². The standard InChI is InChI=1S/C12H21N5O/c1-9(11(18)14-3)8-17(4)12-15-6-10(5-13-2)7-16-12/h6-7,9,13H,5,8H2,1-4H3,(H,14,18). The van der Waals surface area contributed by atoms with E-state index in [-0.39, 0.29) is 11.8 Å². The van der Waals surface area contributed by atoms with E-state index in [2.05, 4.69) is 20.6 Å². The van der Waals surface area contributed by atoms with Crippen molar-refractivity contribution in [2.24, 2.45) is 5.92 Å². The first-order valence-corrected chi connectivity index (χ1v) is 5.96. The number of anilines is 1. The van der Waals surface area contributed by atoms with Crippen LogP contribution in [-0.4, -0.2) is 43.6 Å². The van der Waals surface area contributed by atoms with Crippen molar-refractivity contribution in [3.63, 3.8) is 0 Å². The van der Waals surface area contributed by atoms with Crippen LogP contribution in [0.15, 0.2) is 12.4 Å². The molecule has 0 radical (unpaired) electrons. The van der Waals surface area contributed by atoms with E-state index < -0.39 is 0 Å². The Kier molecular flexibility index (Phi) is 5.51. The Morgan fingerprint density at radius 1 is 1.39 bits per heavy atom. The molecule has 0 bridgehead atoms. The van der Waals surface area contributed by atoms with Crippen LogP contribution in [-0.2, 0) is 11.3 Å². The third kappa shape index (κ3) is 3.96. The van der Waals surface area contributed by atoms with Crippen LogP contribution in [0, 0.1) is 5.92 Å². The third-order valence-corrected chi connectivity index (χ3v) is 2.66. The molecule has 0 saturated carbocycles. The monoisotopic (exact) mass is 251 g/mol. The molecule has 0 saturated heterocycles. The molecule has 6 nitrogen and oxygen atoms in total. The summed E-state index contributed by atoms with van der Waals surface area (Å²) in [5.74, 6) is 0.555. The zero-order chi connectivity index (χ0) is 13.5. The number of carbonyl (C=O) groups excluding carboxylic acids is 1. The normalized spacial score (nSPS) is 12.0. The van der Waals surface area contributed by atoms with Crippen LogP contribution in [0.5, 0.6) is 0 Å². The van der Waals surface area contributed by atoms with Gasteiger partial charge in [0.1, 0.15) is 0 Å². The molecule has 18 heavy (non-hydrogen) atoms. The molecular formula is C12H21N5O. The van der Waals surface area contributed by atoms with Crippen LogP contribution in [0.25, 0.3) is 0 Å². The van der Waals surface area contributed by atoms with Gasteiger partial charge in [-0.1, -0.05) is 6.92 Å². The number of hydrogen-bond donors (Lipinski definition) is 2. The first kappa shape index (κ1) is 14.4. The van der Waals surface area contributed by atoms with Crippen molar-refractivity contribution in [3.05, 3.63) is 18.0 Å². The van der Waals surface area contributed by atoms with Crippen LogP contribution < -0.4 is 15.5 Å². The molecule has 0 aromatic carbocycles. The topological polar surface area (TPSA) is 70.2 Å². The molecule has 0 aliphatic heterocycles. The lowest BCUT2D eigenvalue weighted by Gasteiger charge is -2.20. The van der Waals surface area contributed by atoms with Gasteiger partial charge in [-0.3, -0.25) is 4.79 Å². The fourth-order valence-corrected chi connectivity index (χ4v) is 1.66. The van der Waals surface area contributed by atoms with E-state index in [0.717, 1.165) is 12.1 Å². The predicted octanol–water partition coefficient (Wildman–Crippen LogP) is 0.0143. The minimum Gasteiger partial charge on any atom is -0.359 e. The second kappa shape index (κ2) is 6.90. The number of rotatable bonds is 6. The number of hydrogen-bond acceptors (Lipinski definition) is 5. The van der Waals surface area contributed by atoms with E-state index in [1.165, 1.54) is 0 Å². The summed E-state index contributed by atoms with van der Waals surface area (Å²) < 4.78 is 0. The average molecular weight is 251 g/mol. The van der Waals surface area contributed by atoms with E-state index >= 15 is 0 Å². The van der Waals surface area contributed by atoms with Crippen molar-refractivity contribution in [2.75, 3.05) is 32.6 Å². The molecular weight excluding hydrogens is 230 g/mol. The Morgan fingerprint density at radius 2 is 2.00 bits per heavy atom. The highest BCUT2D eigenvalue weighted by Gasteiger charge is 2.15. The largest absolute Gasteiger partial charge is 0.359 e. The first-order valence-electron chi connectivity index (χ1n) is 5.96. The Bertz CT molecular complexity index is 379. The average Bonchev–Trinajstić information content (AvgIpc) is 2.38. The molecule has 1 amide bonds. The van der Waals surface area contributed by atoms with Crippen molar-refractivity contribution in [1.82, 2.24) is 20.6 Å². The fraction of sp³-hybridized carbons (Fsp3) is 0.583. The van der Waals surface area contributed by atoms with Crippen molar-refractivity contribution in [3.8, 4) is 0 Å². The van der Waals surface area contributed by atoms with E-state index in [4.69, 9.17) is 0 Å². The SMILES string of the molecule is CNCc1cnc(N(C)CC(C)C(=O)NC)nc1. The van der Waals surface area contributed by atoms with Gasteiger partial charge >= 0.3 is 0 Å².